The number of amides is 3. The SMILES string of the molecule is O=C1CNC(=O)N1c1cccc(Nc2nccc(NCC(O)c3ccccn3)n2)c1. The van der Waals surface area contributed by atoms with Crippen LogP contribution in [0.25, 0.3) is 0 Å². The molecule has 10 heteroatoms. The van der Waals surface area contributed by atoms with Crippen molar-refractivity contribution in [1.29, 1.82) is 0 Å². The molecular formula is C20H19N7O3. The van der Waals surface area contributed by atoms with E-state index in [0.717, 1.165) is 4.90 Å². The number of nitrogens with one attached hydrogen (secondary N) is 3. The van der Waals surface area contributed by atoms with Gasteiger partial charge < -0.3 is 21.1 Å². The van der Waals surface area contributed by atoms with Gasteiger partial charge in [-0.3, -0.25) is 9.78 Å². The molecule has 1 fully saturated rings. The van der Waals surface area contributed by atoms with E-state index >= 15 is 0 Å². The van der Waals surface area contributed by atoms with Crippen LogP contribution in [0.3, 0.4) is 0 Å². The molecule has 152 valence electrons. The Morgan fingerprint density at radius 3 is 2.77 bits per heavy atom. The van der Waals surface area contributed by atoms with E-state index in [1.807, 2.05) is 6.07 Å². The average Bonchev–Trinajstić information content (AvgIpc) is 3.11. The van der Waals surface area contributed by atoms with Crippen LogP contribution in [0.1, 0.15) is 11.8 Å². The number of anilines is 4. The highest BCUT2D eigenvalue weighted by molar-refractivity contribution is 6.19. The highest BCUT2D eigenvalue weighted by atomic mass is 16.3. The molecule has 1 aliphatic rings. The lowest BCUT2D eigenvalue weighted by Gasteiger charge is -2.14. The van der Waals surface area contributed by atoms with Gasteiger partial charge in [-0.25, -0.2) is 14.7 Å². The molecule has 1 aliphatic heterocycles. The first kappa shape index (κ1) is 19.3. The number of urea groups is 1. The van der Waals surface area contributed by atoms with Gasteiger partial charge in [-0.05, 0) is 36.4 Å². The Kier molecular flexibility index (Phi) is 5.48. The van der Waals surface area contributed by atoms with Gasteiger partial charge in [0.15, 0.2) is 0 Å². The van der Waals surface area contributed by atoms with Crippen molar-refractivity contribution < 1.29 is 14.7 Å². The largest absolute Gasteiger partial charge is 0.385 e. The molecule has 10 nitrogen and oxygen atoms in total. The van der Waals surface area contributed by atoms with E-state index in [2.05, 4.69) is 30.9 Å². The molecule has 0 bridgehead atoms. The van der Waals surface area contributed by atoms with Crippen molar-refractivity contribution >= 4 is 35.1 Å². The minimum Gasteiger partial charge on any atom is -0.385 e. The zero-order valence-corrected chi connectivity index (χ0v) is 15.8. The fraction of sp³-hybridized carbons (Fsp3) is 0.150. The van der Waals surface area contributed by atoms with Crippen LogP contribution in [0.2, 0.25) is 0 Å². The lowest BCUT2D eigenvalue weighted by atomic mass is 10.2. The minimum absolute atomic E-state index is 0.0162. The Labute approximate surface area is 172 Å². The summed E-state index contributed by atoms with van der Waals surface area (Å²) < 4.78 is 0. The zero-order valence-electron chi connectivity index (χ0n) is 15.8. The molecule has 1 saturated heterocycles. The second kappa shape index (κ2) is 8.53. The van der Waals surface area contributed by atoms with Crippen LogP contribution in [-0.4, -0.2) is 45.1 Å². The number of aliphatic hydroxyl groups excluding tert-OH is 1. The second-order valence-electron chi connectivity index (χ2n) is 6.48. The van der Waals surface area contributed by atoms with Gasteiger partial charge in [0.2, 0.25) is 5.95 Å². The molecular weight excluding hydrogens is 386 g/mol. The predicted octanol–water partition coefficient (Wildman–Crippen LogP) is 1.82. The Hall–Kier alpha value is -4.05. The Balaban J connectivity index is 1.43. The summed E-state index contributed by atoms with van der Waals surface area (Å²) in [7, 11) is 0. The van der Waals surface area contributed by atoms with Gasteiger partial charge in [0.25, 0.3) is 5.91 Å². The molecule has 0 spiro atoms. The van der Waals surface area contributed by atoms with Crippen LogP contribution < -0.4 is 20.9 Å². The van der Waals surface area contributed by atoms with E-state index in [-0.39, 0.29) is 19.0 Å². The molecule has 0 saturated carbocycles. The maximum absolute atomic E-state index is 11.9. The van der Waals surface area contributed by atoms with Crippen molar-refractivity contribution in [1.82, 2.24) is 20.3 Å². The molecule has 4 N–H and O–H groups in total. The summed E-state index contributed by atoms with van der Waals surface area (Å²) >= 11 is 0. The van der Waals surface area contributed by atoms with Crippen molar-refractivity contribution in [2.45, 2.75) is 6.10 Å². The molecule has 3 aromatic rings. The summed E-state index contributed by atoms with van der Waals surface area (Å²) in [4.78, 5) is 37.5. The summed E-state index contributed by atoms with van der Waals surface area (Å²) in [6.45, 7) is 0.215. The first-order chi connectivity index (χ1) is 14.6. The number of benzene rings is 1. The molecule has 30 heavy (non-hydrogen) atoms. The Bertz CT molecular complexity index is 1050. The van der Waals surface area contributed by atoms with Crippen LogP contribution in [0, 0.1) is 0 Å². The average molecular weight is 405 g/mol. The summed E-state index contributed by atoms with van der Waals surface area (Å²) in [5, 5.41) is 18.8. The van der Waals surface area contributed by atoms with Crippen LogP contribution in [0.15, 0.2) is 60.9 Å². The zero-order chi connectivity index (χ0) is 20.9. The fourth-order valence-electron chi connectivity index (χ4n) is 2.93. The summed E-state index contributed by atoms with van der Waals surface area (Å²) in [6, 6.07) is 13.4. The van der Waals surface area contributed by atoms with Gasteiger partial charge in [0.05, 0.1) is 17.9 Å². The lowest BCUT2D eigenvalue weighted by Crippen LogP contribution is -2.30. The van der Waals surface area contributed by atoms with E-state index in [1.54, 1.807) is 54.9 Å². The molecule has 3 amide bonds. The number of aliphatic hydroxyl groups is 1. The number of hydrogen-bond acceptors (Lipinski definition) is 8. The van der Waals surface area contributed by atoms with E-state index in [9.17, 15) is 14.7 Å². The first-order valence-electron chi connectivity index (χ1n) is 9.24. The molecule has 1 atom stereocenters. The predicted molar refractivity (Wildman–Crippen MR) is 110 cm³/mol. The topological polar surface area (TPSA) is 132 Å². The molecule has 3 heterocycles. The van der Waals surface area contributed by atoms with E-state index in [4.69, 9.17) is 0 Å². The van der Waals surface area contributed by atoms with Crippen LogP contribution in [-0.2, 0) is 4.79 Å². The highest BCUT2D eigenvalue weighted by Gasteiger charge is 2.29. The maximum Gasteiger partial charge on any atom is 0.329 e. The van der Waals surface area contributed by atoms with E-state index in [0.29, 0.717) is 28.8 Å². The van der Waals surface area contributed by atoms with Crippen molar-refractivity contribution in [3.8, 4) is 0 Å². The molecule has 1 unspecified atom stereocenters. The number of hydrogen-bond donors (Lipinski definition) is 4. The van der Waals surface area contributed by atoms with Crippen molar-refractivity contribution in [3.05, 3.63) is 66.6 Å². The van der Waals surface area contributed by atoms with Gasteiger partial charge in [0, 0.05) is 24.6 Å². The normalized spacial score (nSPS) is 14.4. The van der Waals surface area contributed by atoms with Crippen molar-refractivity contribution in [3.63, 3.8) is 0 Å². The van der Waals surface area contributed by atoms with Gasteiger partial charge in [0.1, 0.15) is 11.9 Å². The smallest absolute Gasteiger partial charge is 0.329 e. The third-order valence-electron chi connectivity index (χ3n) is 4.37. The van der Waals surface area contributed by atoms with Gasteiger partial charge >= 0.3 is 6.03 Å². The number of pyridine rings is 1. The van der Waals surface area contributed by atoms with E-state index < -0.39 is 12.1 Å². The molecule has 2 aromatic heterocycles. The Morgan fingerprint density at radius 2 is 2.00 bits per heavy atom. The van der Waals surface area contributed by atoms with Crippen LogP contribution in [0.5, 0.6) is 0 Å². The third kappa shape index (κ3) is 4.33. The fourth-order valence-corrected chi connectivity index (χ4v) is 2.93. The van der Waals surface area contributed by atoms with Crippen LogP contribution in [0.4, 0.5) is 27.9 Å². The third-order valence-corrected chi connectivity index (χ3v) is 4.37. The molecule has 0 aliphatic carbocycles. The van der Waals surface area contributed by atoms with Gasteiger partial charge in [-0.1, -0.05) is 12.1 Å². The summed E-state index contributed by atoms with van der Waals surface area (Å²) in [6.07, 6.45) is 2.42. The highest BCUT2D eigenvalue weighted by Crippen LogP contribution is 2.23. The second-order valence-corrected chi connectivity index (χ2v) is 6.48. The number of imide groups is 1. The summed E-state index contributed by atoms with van der Waals surface area (Å²) in [5.41, 5.74) is 1.63. The number of carbonyl (C=O) groups is 2. The number of aromatic nitrogens is 3. The van der Waals surface area contributed by atoms with Crippen molar-refractivity contribution in [2.24, 2.45) is 0 Å². The first-order valence-corrected chi connectivity index (χ1v) is 9.24. The van der Waals surface area contributed by atoms with Crippen molar-refractivity contribution in [2.75, 3.05) is 28.6 Å². The summed E-state index contributed by atoms with van der Waals surface area (Å²) in [5.74, 6) is 0.528. The standard InChI is InChI=1S/C20H19N7O3/c28-16(15-6-1-2-8-21-15)11-23-17-7-9-22-19(26-17)25-13-4-3-5-14(10-13)27-18(29)12-24-20(27)30/h1-10,16,28H,11-12H2,(H,24,30)(H2,22,23,25,26). The number of rotatable bonds is 7. The Morgan fingerprint density at radius 1 is 1.10 bits per heavy atom. The number of carbonyl (C=O) groups excluding carboxylic acids is 2. The molecule has 4 rings (SSSR count). The molecule has 1 aromatic carbocycles. The minimum atomic E-state index is -0.779. The number of nitrogens with zero attached hydrogens (tertiary/aromatic N) is 4. The maximum atomic E-state index is 11.9. The van der Waals surface area contributed by atoms with E-state index in [1.165, 1.54) is 0 Å². The molecule has 0 radical (unpaired) electrons. The quantitative estimate of drug-likeness (QED) is 0.438. The van der Waals surface area contributed by atoms with Gasteiger partial charge in [-0.15, -0.1) is 0 Å². The van der Waals surface area contributed by atoms with Gasteiger partial charge in [-0.2, -0.15) is 4.98 Å². The lowest BCUT2D eigenvalue weighted by molar-refractivity contribution is -0.115. The monoisotopic (exact) mass is 405 g/mol. The van der Waals surface area contributed by atoms with Crippen LogP contribution >= 0.6 is 0 Å².